The van der Waals surface area contributed by atoms with Crippen molar-refractivity contribution < 1.29 is 14.2 Å². The molecule has 0 spiro atoms. The molecule has 114 valence electrons. The van der Waals surface area contributed by atoms with Gasteiger partial charge in [-0.05, 0) is 37.1 Å². The Morgan fingerprint density at radius 2 is 1.64 bits per heavy atom. The van der Waals surface area contributed by atoms with Crippen molar-refractivity contribution in [3.63, 3.8) is 0 Å². The second-order valence-corrected chi connectivity index (χ2v) is 4.90. The number of hydrogen-bond donors (Lipinski definition) is 0. The molecule has 0 bridgehead atoms. The smallest absolute Gasteiger partial charge is 0.162 e. The summed E-state index contributed by atoms with van der Waals surface area (Å²) in [6, 6.07) is 13.2. The molecule has 0 aromatic heterocycles. The van der Waals surface area contributed by atoms with E-state index in [0.717, 1.165) is 16.9 Å². The minimum Gasteiger partial charge on any atom is -0.493 e. The quantitative estimate of drug-likeness (QED) is 0.764. The van der Waals surface area contributed by atoms with Gasteiger partial charge in [0.25, 0.3) is 0 Å². The highest BCUT2D eigenvalue weighted by Crippen LogP contribution is 2.28. The van der Waals surface area contributed by atoms with Crippen LogP contribution in [-0.2, 0) is 0 Å². The van der Waals surface area contributed by atoms with Crippen LogP contribution in [0.25, 0.3) is 0 Å². The highest BCUT2D eigenvalue weighted by molar-refractivity contribution is 5.46. The highest BCUT2D eigenvalue weighted by atomic mass is 16.5. The predicted molar refractivity (Wildman–Crippen MR) is 84.6 cm³/mol. The molecule has 0 saturated carbocycles. The summed E-state index contributed by atoms with van der Waals surface area (Å²) in [5.74, 6) is 2.04. The normalized spacial score (nSPS) is 9.91. The third-order valence-corrected chi connectivity index (χ3v) is 3.29. The second-order valence-electron chi connectivity index (χ2n) is 4.90. The molecule has 0 aliphatic carbocycles. The Hall–Kier alpha value is -2.67. The lowest BCUT2D eigenvalue weighted by atomic mass is 10.1. The van der Waals surface area contributed by atoms with Crippen molar-refractivity contribution in [2.45, 2.75) is 13.8 Å². The van der Waals surface area contributed by atoms with Gasteiger partial charge in [0.15, 0.2) is 11.5 Å². The fourth-order valence-corrected chi connectivity index (χ4v) is 2.18. The van der Waals surface area contributed by atoms with Gasteiger partial charge in [-0.15, -0.1) is 0 Å². The number of rotatable bonds is 6. The lowest BCUT2D eigenvalue weighted by Gasteiger charge is -2.14. The van der Waals surface area contributed by atoms with Crippen LogP contribution in [0.2, 0.25) is 0 Å². The van der Waals surface area contributed by atoms with Gasteiger partial charge >= 0.3 is 0 Å². The average Bonchev–Trinajstić information content (AvgIpc) is 2.53. The summed E-state index contributed by atoms with van der Waals surface area (Å²) < 4.78 is 16.7. The first-order valence-electron chi connectivity index (χ1n) is 7.05. The first kappa shape index (κ1) is 15.7. The van der Waals surface area contributed by atoms with Crippen molar-refractivity contribution in [1.29, 1.82) is 5.26 Å². The predicted octanol–water partition coefficient (Wildman–Crippen LogP) is 3.64. The maximum atomic E-state index is 8.94. The molecule has 0 unspecified atom stereocenters. The molecule has 4 heteroatoms. The van der Waals surface area contributed by atoms with Crippen LogP contribution in [0.15, 0.2) is 36.4 Å². The van der Waals surface area contributed by atoms with Crippen molar-refractivity contribution in [1.82, 2.24) is 0 Å². The average molecular weight is 297 g/mol. The zero-order valence-corrected chi connectivity index (χ0v) is 13.1. The van der Waals surface area contributed by atoms with Gasteiger partial charge in [0.1, 0.15) is 19.0 Å². The highest BCUT2D eigenvalue weighted by Gasteiger charge is 2.07. The van der Waals surface area contributed by atoms with Gasteiger partial charge in [-0.2, -0.15) is 5.26 Å². The van der Waals surface area contributed by atoms with Crippen molar-refractivity contribution >= 4 is 0 Å². The fourth-order valence-electron chi connectivity index (χ4n) is 2.18. The van der Waals surface area contributed by atoms with E-state index in [0.29, 0.717) is 30.3 Å². The van der Waals surface area contributed by atoms with Crippen LogP contribution >= 0.6 is 0 Å². The molecule has 0 radical (unpaired) electrons. The summed E-state index contributed by atoms with van der Waals surface area (Å²) in [6.45, 7) is 4.83. The lowest BCUT2D eigenvalue weighted by Crippen LogP contribution is -2.10. The third-order valence-electron chi connectivity index (χ3n) is 3.29. The fraction of sp³-hybridized carbons (Fsp3) is 0.278. The van der Waals surface area contributed by atoms with Crippen LogP contribution in [0.1, 0.15) is 16.7 Å². The van der Waals surface area contributed by atoms with Crippen molar-refractivity contribution in [3.05, 3.63) is 53.1 Å². The second kappa shape index (κ2) is 7.37. The monoisotopic (exact) mass is 297 g/mol. The number of methoxy groups -OCH3 is 1. The van der Waals surface area contributed by atoms with Crippen molar-refractivity contribution in [2.24, 2.45) is 0 Å². The molecule has 2 aromatic carbocycles. The van der Waals surface area contributed by atoms with E-state index in [4.69, 9.17) is 19.5 Å². The minimum atomic E-state index is 0.374. The van der Waals surface area contributed by atoms with Gasteiger partial charge in [0.2, 0.25) is 0 Å². The summed E-state index contributed by atoms with van der Waals surface area (Å²) in [4.78, 5) is 0. The zero-order valence-electron chi connectivity index (χ0n) is 13.1. The molecular weight excluding hydrogens is 278 g/mol. The molecule has 0 N–H and O–H groups in total. The molecule has 0 fully saturated rings. The summed E-state index contributed by atoms with van der Waals surface area (Å²) >= 11 is 0. The zero-order chi connectivity index (χ0) is 15.9. The summed E-state index contributed by atoms with van der Waals surface area (Å²) in [5.41, 5.74) is 2.74. The van der Waals surface area contributed by atoms with Gasteiger partial charge in [0.05, 0.1) is 18.7 Å². The molecule has 0 heterocycles. The van der Waals surface area contributed by atoms with E-state index in [1.165, 1.54) is 0 Å². The Morgan fingerprint density at radius 1 is 0.955 bits per heavy atom. The topological polar surface area (TPSA) is 51.5 Å². The first-order valence-corrected chi connectivity index (χ1v) is 7.05. The van der Waals surface area contributed by atoms with E-state index < -0.39 is 0 Å². The third kappa shape index (κ3) is 3.70. The van der Waals surface area contributed by atoms with E-state index in [-0.39, 0.29) is 0 Å². The SMILES string of the molecule is COc1ccc(C#N)cc1OCCOc1c(C)cccc1C. The van der Waals surface area contributed by atoms with E-state index in [9.17, 15) is 0 Å². The van der Waals surface area contributed by atoms with Gasteiger partial charge in [-0.3, -0.25) is 0 Å². The van der Waals surface area contributed by atoms with Crippen LogP contribution in [0, 0.1) is 25.2 Å². The molecule has 0 aliphatic heterocycles. The standard InChI is InChI=1S/C18H19NO3/c1-13-5-4-6-14(2)18(13)22-10-9-21-17-11-15(12-19)7-8-16(17)20-3/h4-8,11H,9-10H2,1-3H3. The number of benzene rings is 2. The van der Waals surface area contributed by atoms with E-state index in [2.05, 4.69) is 6.07 Å². The maximum Gasteiger partial charge on any atom is 0.162 e. The van der Waals surface area contributed by atoms with Crippen LogP contribution in [0.5, 0.6) is 17.2 Å². The van der Waals surface area contributed by atoms with Gasteiger partial charge in [-0.25, -0.2) is 0 Å². The summed E-state index contributed by atoms with van der Waals surface area (Å²) in [6.07, 6.45) is 0. The lowest BCUT2D eigenvalue weighted by molar-refractivity contribution is 0.210. The molecule has 0 saturated heterocycles. The van der Waals surface area contributed by atoms with Crippen molar-refractivity contribution in [2.75, 3.05) is 20.3 Å². The number of nitriles is 1. The summed E-state index contributed by atoms with van der Waals surface area (Å²) in [7, 11) is 1.57. The summed E-state index contributed by atoms with van der Waals surface area (Å²) in [5, 5.41) is 8.94. The minimum absolute atomic E-state index is 0.374. The van der Waals surface area contributed by atoms with Crippen LogP contribution in [0.4, 0.5) is 0 Å². The molecule has 0 amide bonds. The number of nitrogens with zero attached hydrogens (tertiary/aromatic N) is 1. The Morgan fingerprint density at radius 3 is 2.27 bits per heavy atom. The Bertz CT molecular complexity index is 669. The Kier molecular flexibility index (Phi) is 5.26. The molecular formula is C18H19NO3. The molecule has 22 heavy (non-hydrogen) atoms. The Labute approximate surface area is 130 Å². The number of hydrogen-bond acceptors (Lipinski definition) is 4. The van der Waals surface area contributed by atoms with Crippen molar-refractivity contribution in [3.8, 4) is 23.3 Å². The number of ether oxygens (including phenoxy) is 3. The van der Waals surface area contributed by atoms with Crippen LogP contribution in [0.3, 0.4) is 0 Å². The number of para-hydroxylation sites is 1. The molecule has 2 rings (SSSR count). The first-order chi connectivity index (χ1) is 10.7. The Balaban J connectivity index is 1.96. The maximum absolute atomic E-state index is 8.94. The van der Waals surface area contributed by atoms with E-state index in [1.54, 1.807) is 25.3 Å². The van der Waals surface area contributed by atoms with Gasteiger partial charge in [-0.1, -0.05) is 18.2 Å². The molecule has 2 aromatic rings. The number of aryl methyl sites for hydroxylation is 2. The largest absolute Gasteiger partial charge is 0.493 e. The van der Waals surface area contributed by atoms with Crippen LogP contribution < -0.4 is 14.2 Å². The molecule has 4 nitrogen and oxygen atoms in total. The van der Waals surface area contributed by atoms with Crippen LogP contribution in [-0.4, -0.2) is 20.3 Å². The molecule has 0 aliphatic rings. The van der Waals surface area contributed by atoms with E-state index in [1.807, 2.05) is 32.0 Å². The van der Waals surface area contributed by atoms with Gasteiger partial charge in [0, 0.05) is 6.07 Å². The molecule has 0 atom stereocenters. The van der Waals surface area contributed by atoms with Gasteiger partial charge < -0.3 is 14.2 Å². The van der Waals surface area contributed by atoms with E-state index >= 15 is 0 Å².